The maximum absolute atomic E-state index is 13.1. The van der Waals surface area contributed by atoms with Gasteiger partial charge in [0.1, 0.15) is 28.8 Å². The number of ether oxygens (including phenoxy) is 3. The molecule has 0 bridgehead atoms. The second-order valence-electron chi connectivity index (χ2n) is 8.83. The fraction of sp³-hybridized carbons (Fsp3) is 0.286. The van der Waals surface area contributed by atoms with Crippen LogP contribution in [0.1, 0.15) is 17.5 Å². The SMILES string of the molecule is COc1ccc(NC(=O)N2CCCN(C3=Nc4ccccc4Oc4ccc(C)cc43)CC2)c(OC)c1. The second kappa shape index (κ2) is 10.2. The highest BCUT2D eigenvalue weighted by Gasteiger charge is 2.26. The van der Waals surface area contributed by atoms with Crippen LogP contribution in [-0.2, 0) is 0 Å². The van der Waals surface area contributed by atoms with Gasteiger partial charge in [-0.3, -0.25) is 0 Å². The van der Waals surface area contributed by atoms with Crippen LogP contribution in [0.3, 0.4) is 0 Å². The number of nitrogens with one attached hydrogen (secondary N) is 1. The molecule has 3 aromatic carbocycles. The zero-order chi connectivity index (χ0) is 25.1. The van der Waals surface area contributed by atoms with Gasteiger partial charge in [-0.1, -0.05) is 23.8 Å². The summed E-state index contributed by atoms with van der Waals surface area (Å²) in [4.78, 5) is 22.3. The van der Waals surface area contributed by atoms with Gasteiger partial charge >= 0.3 is 6.03 Å². The fourth-order valence-electron chi connectivity index (χ4n) is 4.51. The maximum Gasteiger partial charge on any atom is 0.322 e. The zero-order valence-corrected chi connectivity index (χ0v) is 20.8. The smallest absolute Gasteiger partial charge is 0.322 e. The van der Waals surface area contributed by atoms with Crippen molar-refractivity contribution >= 4 is 23.2 Å². The van der Waals surface area contributed by atoms with Crippen molar-refractivity contribution in [3.05, 3.63) is 71.8 Å². The molecule has 186 valence electrons. The zero-order valence-electron chi connectivity index (χ0n) is 20.8. The molecular weight excluding hydrogens is 456 g/mol. The largest absolute Gasteiger partial charge is 0.497 e. The summed E-state index contributed by atoms with van der Waals surface area (Å²) >= 11 is 0. The van der Waals surface area contributed by atoms with Crippen LogP contribution in [-0.4, -0.2) is 62.1 Å². The van der Waals surface area contributed by atoms with E-state index in [0.29, 0.717) is 36.8 Å². The molecule has 0 aromatic heterocycles. The Morgan fingerprint density at radius 3 is 2.64 bits per heavy atom. The van der Waals surface area contributed by atoms with Crippen molar-refractivity contribution in [3.8, 4) is 23.0 Å². The Balaban J connectivity index is 1.36. The van der Waals surface area contributed by atoms with Crippen LogP contribution in [0, 0.1) is 6.92 Å². The van der Waals surface area contributed by atoms with E-state index in [0.717, 1.165) is 47.1 Å². The van der Waals surface area contributed by atoms with E-state index < -0.39 is 0 Å². The molecular formula is C28H30N4O4. The number of carbonyl (C=O) groups excluding carboxylic acids is 1. The molecule has 0 spiro atoms. The van der Waals surface area contributed by atoms with E-state index in [-0.39, 0.29) is 6.03 Å². The number of aliphatic imine (C=N–C) groups is 1. The summed E-state index contributed by atoms with van der Waals surface area (Å²) in [6.45, 7) is 4.71. The van der Waals surface area contributed by atoms with Gasteiger partial charge in [0.05, 0.1) is 25.5 Å². The van der Waals surface area contributed by atoms with Gasteiger partial charge in [0.25, 0.3) is 0 Å². The Labute approximate surface area is 211 Å². The standard InChI is InChI=1S/C28H30N4O4/c1-19-9-12-24-21(17-19)27(29-22-7-4-5-8-25(22)36-24)31-13-6-14-32(16-15-31)28(33)30-23-11-10-20(34-2)18-26(23)35-3/h4-5,7-12,17-18H,6,13-16H2,1-3H3,(H,30,33). The van der Waals surface area contributed by atoms with Crippen LogP contribution in [0.4, 0.5) is 16.2 Å². The third-order valence-electron chi connectivity index (χ3n) is 6.42. The van der Waals surface area contributed by atoms with Crippen LogP contribution in [0.2, 0.25) is 0 Å². The number of carbonyl (C=O) groups is 1. The number of aryl methyl sites for hydroxylation is 1. The van der Waals surface area contributed by atoms with Gasteiger partial charge in [0, 0.05) is 32.2 Å². The molecule has 0 atom stereocenters. The maximum atomic E-state index is 13.1. The number of urea groups is 1. The van der Waals surface area contributed by atoms with Gasteiger partial charge in [-0.2, -0.15) is 0 Å². The highest BCUT2D eigenvalue weighted by Crippen LogP contribution is 2.38. The molecule has 1 fully saturated rings. The number of hydrogen-bond acceptors (Lipinski definition) is 6. The first-order valence-electron chi connectivity index (χ1n) is 12.0. The van der Waals surface area contributed by atoms with E-state index in [4.69, 9.17) is 19.2 Å². The predicted molar refractivity (Wildman–Crippen MR) is 140 cm³/mol. The van der Waals surface area contributed by atoms with Crippen molar-refractivity contribution in [1.82, 2.24) is 9.80 Å². The summed E-state index contributed by atoms with van der Waals surface area (Å²) in [5.41, 5.74) is 3.51. The quantitative estimate of drug-likeness (QED) is 0.534. The Hall–Kier alpha value is -4.20. The molecule has 0 radical (unpaired) electrons. The van der Waals surface area contributed by atoms with Crippen molar-refractivity contribution in [2.75, 3.05) is 45.7 Å². The predicted octanol–water partition coefficient (Wildman–Crippen LogP) is 5.44. The van der Waals surface area contributed by atoms with Gasteiger partial charge < -0.3 is 29.3 Å². The highest BCUT2D eigenvalue weighted by molar-refractivity contribution is 6.04. The van der Waals surface area contributed by atoms with E-state index in [9.17, 15) is 4.79 Å². The third-order valence-corrected chi connectivity index (χ3v) is 6.42. The lowest BCUT2D eigenvalue weighted by molar-refractivity contribution is 0.214. The molecule has 0 saturated carbocycles. The molecule has 0 aliphatic carbocycles. The molecule has 8 heteroatoms. The van der Waals surface area contributed by atoms with Gasteiger partial charge in [0.2, 0.25) is 0 Å². The van der Waals surface area contributed by atoms with E-state index in [1.165, 1.54) is 0 Å². The Kier molecular flexibility index (Phi) is 6.66. The Bertz CT molecular complexity index is 1310. The first-order chi connectivity index (χ1) is 17.6. The average Bonchev–Trinajstić information content (AvgIpc) is 3.24. The minimum atomic E-state index is -0.159. The highest BCUT2D eigenvalue weighted by atomic mass is 16.5. The summed E-state index contributed by atoms with van der Waals surface area (Å²) in [6, 6.07) is 19.2. The molecule has 8 nitrogen and oxygen atoms in total. The van der Waals surface area contributed by atoms with E-state index in [1.807, 2.05) is 41.3 Å². The lowest BCUT2D eigenvalue weighted by atomic mass is 10.1. The lowest BCUT2D eigenvalue weighted by Gasteiger charge is -2.25. The second-order valence-corrected chi connectivity index (χ2v) is 8.83. The summed E-state index contributed by atoms with van der Waals surface area (Å²) in [7, 11) is 3.17. The molecule has 2 heterocycles. The van der Waals surface area contributed by atoms with Crippen molar-refractivity contribution in [2.24, 2.45) is 4.99 Å². The topological polar surface area (TPSA) is 75.6 Å². The van der Waals surface area contributed by atoms with Crippen LogP contribution < -0.4 is 19.5 Å². The van der Waals surface area contributed by atoms with Crippen molar-refractivity contribution < 1.29 is 19.0 Å². The molecule has 3 aromatic rings. The molecule has 1 N–H and O–H groups in total. The number of para-hydroxylation sites is 2. The van der Waals surface area contributed by atoms with Gasteiger partial charge in [-0.15, -0.1) is 0 Å². The summed E-state index contributed by atoms with van der Waals surface area (Å²) in [5.74, 6) is 3.62. The van der Waals surface area contributed by atoms with Crippen molar-refractivity contribution in [2.45, 2.75) is 13.3 Å². The van der Waals surface area contributed by atoms with Crippen LogP contribution in [0.5, 0.6) is 23.0 Å². The molecule has 1 saturated heterocycles. The van der Waals surface area contributed by atoms with E-state index in [2.05, 4.69) is 23.2 Å². The normalized spacial score (nSPS) is 14.9. The lowest BCUT2D eigenvalue weighted by Crippen LogP contribution is -2.39. The van der Waals surface area contributed by atoms with Crippen molar-refractivity contribution in [1.29, 1.82) is 0 Å². The van der Waals surface area contributed by atoms with E-state index >= 15 is 0 Å². The number of nitrogens with zero attached hydrogens (tertiary/aromatic N) is 3. The van der Waals surface area contributed by atoms with Crippen LogP contribution in [0.25, 0.3) is 0 Å². The molecule has 0 unspecified atom stereocenters. The Morgan fingerprint density at radius 2 is 1.81 bits per heavy atom. The minimum Gasteiger partial charge on any atom is -0.497 e. The number of anilines is 1. The minimum absolute atomic E-state index is 0.159. The number of methoxy groups -OCH3 is 2. The van der Waals surface area contributed by atoms with Gasteiger partial charge in [-0.25, -0.2) is 9.79 Å². The first-order valence-corrected chi connectivity index (χ1v) is 12.0. The van der Waals surface area contributed by atoms with Crippen molar-refractivity contribution in [3.63, 3.8) is 0 Å². The monoisotopic (exact) mass is 486 g/mol. The molecule has 2 amide bonds. The fourth-order valence-corrected chi connectivity index (χ4v) is 4.51. The Morgan fingerprint density at radius 1 is 0.944 bits per heavy atom. The molecule has 2 aliphatic heterocycles. The number of rotatable bonds is 3. The average molecular weight is 487 g/mol. The third kappa shape index (κ3) is 4.79. The van der Waals surface area contributed by atoms with Gasteiger partial charge in [0.15, 0.2) is 5.75 Å². The summed E-state index contributed by atoms with van der Waals surface area (Å²) in [5, 5.41) is 2.99. The van der Waals surface area contributed by atoms with E-state index in [1.54, 1.807) is 32.4 Å². The first kappa shape index (κ1) is 23.5. The number of amidine groups is 1. The number of benzene rings is 3. The number of hydrogen-bond donors (Lipinski definition) is 1. The molecule has 36 heavy (non-hydrogen) atoms. The van der Waals surface area contributed by atoms with Crippen LogP contribution >= 0.6 is 0 Å². The summed E-state index contributed by atoms with van der Waals surface area (Å²) in [6.07, 6.45) is 0.815. The van der Waals surface area contributed by atoms with Gasteiger partial charge in [-0.05, 0) is 49.7 Å². The number of amides is 2. The van der Waals surface area contributed by atoms with Crippen LogP contribution in [0.15, 0.2) is 65.7 Å². The number of fused-ring (bicyclic) bond motifs is 2. The summed E-state index contributed by atoms with van der Waals surface area (Å²) < 4.78 is 16.9. The molecule has 2 aliphatic rings. The molecule has 5 rings (SSSR count).